The van der Waals surface area contributed by atoms with E-state index >= 15 is 0 Å². The number of ketones is 1. The lowest BCUT2D eigenvalue weighted by molar-refractivity contribution is 0.0986. The topological polar surface area (TPSA) is 42.0 Å². The van der Waals surface area contributed by atoms with Crippen molar-refractivity contribution in [1.82, 2.24) is 10.3 Å². The molecule has 0 saturated heterocycles. The number of thiazole rings is 1. The molecule has 0 unspecified atom stereocenters. The molecule has 13 heavy (non-hydrogen) atoms. The summed E-state index contributed by atoms with van der Waals surface area (Å²) in [4.78, 5) is 16.7. The first kappa shape index (κ1) is 8.84. The van der Waals surface area contributed by atoms with Gasteiger partial charge in [0, 0.05) is 12.5 Å². The molecule has 2 rings (SSSR count). The Kier molecular flexibility index (Phi) is 2.17. The van der Waals surface area contributed by atoms with Crippen LogP contribution in [0.2, 0.25) is 0 Å². The number of rotatable bonds is 1. The molecule has 1 aliphatic heterocycles. The fourth-order valence-electron chi connectivity index (χ4n) is 1.33. The smallest absolute Gasteiger partial charge is 0.188 e. The highest BCUT2D eigenvalue weighted by Crippen LogP contribution is 2.26. The van der Waals surface area contributed by atoms with Crippen LogP contribution in [0.5, 0.6) is 0 Å². The molecule has 3 nitrogen and oxygen atoms in total. The van der Waals surface area contributed by atoms with E-state index in [1.807, 2.05) is 0 Å². The van der Waals surface area contributed by atoms with Gasteiger partial charge in [0.15, 0.2) is 5.78 Å². The van der Waals surface area contributed by atoms with Crippen molar-refractivity contribution < 1.29 is 4.79 Å². The minimum atomic E-state index is 0.186. The Balaban J connectivity index is 2.42. The SMILES string of the molecule is CC(C)c1nc2c(s1)C(=O)CNC2. The molecule has 70 valence electrons. The molecule has 0 spiro atoms. The Morgan fingerprint density at radius 3 is 2.85 bits per heavy atom. The van der Waals surface area contributed by atoms with Crippen molar-refractivity contribution in [3.63, 3.8) is 0 Å². The zero-order valence-corrected chi connectivity index (χ0v) is 8.57. The average molecular weight is 196 g/mol. The van der Waals surface area contributed by atoms with E-state index in [1.54, 1.807) is 11.3 Å². The second kappa shape index (κ2) is 3.20. The van der Waals surface area contributed by atoms with Gasteiger partial charge in [-0.15, -0.1) is 11.3 Å². The van der Waals surface area contributed by atoms with Gasteiger partial charge in [-0.1, -0.05) is 13.8 Å². The second-order valence-corrected chi connectivity index (χ2v) is 4.54. The number of nitrogens with one attached hydrogen (secondary N) is 1. The summed E-state index contributed by atoms with van der Waals surface area (Å²) in [7, 11) is 0. The number of nitrogens with zero attached hydrogens (tertiary/aromatic N) is 1. The number of Topliss-reactive ketones (excluding diaryl/α,β-unsaturated/α-hetero) is 1. The quantitative estimate of drug-likeness (QED) is 0.741. The monoisotopic (exact) mass is 196 g/mol. The molecule has 1 aromatic heterocycles. The van der Waals surface area contributed by atoms with Crippen LogP contribution >= 0.6 is 11.3 Å². The van der Waals surface area contributed by atoms with Crippen molar-refractivity contribution in [2.75, 3.05) is 6.54 Å². The van der Waals surface area contributed by atoms with Gasteiger partial charge in [-0.05, 0) is 0 Å². The molecule has 1 aromatic rings. The molecule has 0 radical (unpaired) electrons. The van der Waals surface area contributed by atoms with Crippen molar-refractivity contribution in [1.29, 1.82) is 0 Å². The van der Waals surface area contributed by atoms with Crippen LogP contribution in [-0.2, 0) is 6.54 Å². The van der Waals surface area contributed by atoms with Crippen molar-refractivity contribution in [3.05, 3.63) is 15.6 Å². The first-order chi connectivity index (χ1) is 6.18. The van der Waals surface area contributed by atoms with Crippen molar-refractivity contribution in [2.24, 2.45) is 0 Å². The number of carbonyl (C=O) groups excluding carboxylic acids is 1. The lowest BCUT2D eigenvalue weighted by Crippen LogP contribution is -2.28. The molecule has 0 bridgehead atoms. The van der Waals surface area contributed by atoms with E-state index in [1.165, 1.54) is 0 Å². The molecule has 2 heterocycles. The molecule has 1 N–H and O–H groups in total. The van der Waals surface area contributed by atoms with Crippen LogP contribution in [0, 0.1) is 0 Å². The molecule has 0 fully saturated rings. The predicted octanol–water partition coefficient (Wildman–Crippen LogP) is 1.55. The predicted molar refractivity (Wildman–Crippen MR) is 52.2 cm³/mol. The summed E-state index contributed by atoms with van der Waals surface area (Å²) >= 11 is 1.55. The number of aromatic nitrogens is 1. The Hall–Kier alpha value is -0.740. The maximum atomic E-state index is 11.4. The minimum absolute atomic E-state index is 0.186. The van der Waals surface area contributed by atoms with Gasteiger partial charge in [-0.2, -0.15) is 0 Å². The summed E-state index contributed by atoms with van der Waals surface area (Å²) in [5, 5.41) is 4.11. The van der Waals surface area contributed by atoms with Gasteiger partial charge in [-0.25, -0.2) is 4.98 Å². The van der Waals surface area contributed by atoms with Crippen LogP contribution in [0.4, 0.5) is 0 Å². The van der Waals surface area contributed by atoms with Crippen molar-refractivity contribution in [2.45, 2.75) is 26.3 Å². The molecule has 4 heteroatoms. The zero-order chi connectivity index (χ0) is 9.42. The zero-order valence-electron chi connectivity index (χ0n) is 7.76. The molecule has 0 aliphatic carbocycles. The van der Waals surface area contributed by atoms with E-state index in [2.05, 4.69) is 24.1 Å². The molecular weight excluding hydrogens is 184 g/mol. The highest BCUT2D eigenvalue weighted by molar-refractivity contribution is 7.14. The normalized spacial score (nSPS) is 16.4. The van der Waals surface area contributed by atoms with Crippen LogP contribution < -0.4 is 5.32 Å². The van der Waals surface area contributed by atoms with Gasteiger partial charge < -0.3 is 5.32 Å². The third-order valence-corrected chi connectivity index (χ3v) is 3.48. The fourth-order valence-corrected chi connectivity index (χ4v) is 2.35. The van der Waals surface area contributed by atoms with Crippen molar-refractivity contribution in [3.8, 4) is 0 Å². The molecule has 0 amide bonds. The van der Waals surface area contributed by atoms with E-state index in [0.29, 0.717) is 12.5 Å². The molecular formula is C9H12N2OS. The van der Waals surface area contributed by atoms with Crippen LogP contribution in [0.25, 0.3) is 0 Å². The molecule has 0 saturated carbocycles. The highest BCUT2D eigenvalue weighted by Gasteiger charge is 2.22. The van der Waals surface area contributed by atoms with Crippen LogP contribution in [0.3, 0.4) is 0 Å². The Morgan fingerprint density at radius 2 is 2.23 bits per heavy atom. The largest absolute Gasteiger partial charge is 0.304 e. The fraction of sp³-hybridized carbons (Fsp3) is 0.556. The molecule has 1 aliphatic rings. The summed E-state index contributed by atoms with van der Waals surface area (Å²) in [6.07, 6.45) is 0. The van der Waals surface area contributed by atoms with E-state index in [9.17, 15) is 4.79 Å². The second-order valence-electron chi connectivity index (χ2n) is 3.51. The van der Waals surface area contributed by atoms with Crippen LogP contribution in [0.1, 0.15) is 40.1 Å². The Morgan fingerprint density at radius 1 is 1.46 bits per heavy atom. The van der Waals surface area contributed by atoms with Gasteiger partial charge in [-0.3, -0.25) is 4.79 Å². The first-order valence-electron chi connectivity index (χ1n) is 4.42. The lowest BCUT2D eigenvalue weighted by Gasteiger charge is -2.08. The van der Waals surface area contributed by atoms with E-state index in [4.69, 9.17) is 0 Å². The third-order valence-electron chi connectivity index (χ3n) is 2.04. The number of fused-ring (bicyclic) bond motifs is 1. The van der Waals surface area contributed by atoms with Gasteiger partial charge >= 0.3 is 0 Å². The summed E-state index contributed by atoms with van der Waals surface area (Å²) in [6.45, 7) is 5.40. The summed E-state index contributed by atoms with van der Waals surface area (Å²) in [6, 6.07) is 0. The van der Waals surface area contributed by atoms with Gasteiger partial charge in [0.25, 0.3) is 0 Å². The average Bonchev–Trinajstić information content (AvgIpc) is 2.49. The highest BCUT2D eigenvalue weighted by atomic mass is 32.1. The van der Waals surface area contributed by atoms with Crippen molar-refractivity contribution >= 4 is 17.1 Å². The van der Waals surface area contributed by atoms with Gasteiger partial charge in [0.1, 0.15) is 0 Å². The Bertz CT molecular complexity index is 343. The maximum Gasteiger partial charge on any atom is 0.188 e. The standard InChI is InChI=1S/C9H12N2OS/c1-5(2)9-11-6-3-10-4-7(12)8(6)13-9/h5,10H,3-4H2,1-2H3. The number of carbonyl (C=O) groups is 1. The first-order valence-corrected chi connectivity index (χ1v) is 5.23. The van der Waals surface area contributed by atoms with Gasteiger partial charge in [0.2, 0.25) is 0 Å². The maximum absolute atomic E-state index is 11.4. The summed E-state index contributed by atoms with van der Waals surface area (Å²) in [5.41, 5.74) is 0.935. The van der Waals surface area contributed by atoms with Crippen LogP contribution in [-0.4, -0.2) is 17.3 Å². The van der Waals surface area contributed by atoms with E-state index < -0.39 is 0 Å². The summed E-state index contributed by atoms with van der Waals surface area (Å²) < 4.78 is 0. The molecule has 0 aromatic carbocycles. The van der Waals surface area contributed by atoms with Crippen LogP contribution in [0.15, 0.2) is 0 Å². The lowest BCUT2D eigenvalue weighted by atomic mass is 10.2. The summed E-state index contributed by atoms with van der Waals surface area (Å²) in [5.74, 6) is 0.606. The minimum Gasteiger partial charge on any atom is -0.304 e. The van der Waals surface area contributed by atoms with E-state index in [-0.39, 0.29) is 5.78 Å². The number of hydrogen-bond donors (Lipinski definition) is 1. The van der Waals surface area contributed by atoms with E-state index in [0.717, 1.165) is 22.1 Å². The Labute approximate surface area is 81.2 Å². The molecule has 0 atom stereocenters. The van der Waals surface area contributed by atoms with Gasteiger partial charge in [0.05, 0.1) is 22.1 Å². The number of hydrogen-bond acceptors (Lipinski definition) is 4. The third kappa shape index (κ3) is 1.51.